The zero-order valence-electron chi connectivity index (χ0n) is 20.3. The number of ether oxygens (including phenoxy) is 3. The van der Waals surface area contributed by atoms with E-state index >= 15 is 0 Å². The molecule has 0 spiro atoms. The van der Waals surface area contributed by atoms with Crippen molar-refractivity contribution < 1.29 is 23.8 Å². The lowest BCUT2D eigenvalue weighted by Crippen LogP contribution is -2.46. The Labute approximate surface area is 204 Å². The first-order valence-electron chi connectivity index (χ1n) is 10.8. The molecule has 1 aromatic carbocycles. The summed E-state index contributed by atoms with van der Waals surface area (Å²) in [5, 5.41) is 19.3. The maximum atomic E-state index is 12.8. The first kappa shape index (κ1) is 27.5. The highest BCUT2D eigenvalue weighted by Crippen LogP contribution is 2.17. The lowest BCUT2D eigenvalue weighted by molar-refractivity contribution is -0.219. The lowest BCUT2D eigenvalue weighted by Gasteiger charge is -2.28. The van der Waals surface area contributed by atoms with E-state index in [1.54, 1.807) is 49.4 Å². The average molecular weight is 486 g/mol. The van der Waals surface area contributed by atoms with Crippen LogP contribution in [-0.4, -0.2) is 67.2 Å². The normalized spacial score (nSPS) is 13.0. The number of pyridine rings is 1. The lowest BCUT2D eigenvalue weighted by atomic mass is 10.1. The fourth-order valence-electron chi connectivity index (χ4n) is 2.82. The van der Waals surface area contributed by atoms with Gasteiger partial charge < -0.3 is 24.4 Å². The number of rotatable bonds is 14. The molecule has 1 unspecified atom stereocenters. The van der Waals surface area contributed by atoms with Crippen LogP contribution in [0.25, 0.3) is 0 Å². The molecule has 2 rings (SSSR count). The maximum Gasteiger partial charge on any atom is 0.285 e. The molecule has 12 heteroatoms. The molecule has 0 aliphatic heterocycles. The Hall–Kier alpha value is -3.74. The van der Waals surface area contributed by atoms with Gasteiger partial charge in [0.1, 0.15) is 5.82 Å². The van der Waals surface area contributed by atoms with Crippen LogP contribution in [-0.2, 0) is 30.4 Å². The summed E-state index contributed by atoms with van der Waals surface area (Å²) in [6.45, 7) is 4.04. The molecular formula is C23H31N7O5. The summed E-state index contributed by atoms with van der Waals surface area (Å²) in [7, 11) is 3.01. The van der Waals surface area contributed by atoms with Crippen LogP contribution in [0, 0.1) is 10.9 Å². The molecule has 0 radical (unpaired) electrons. The van der Waals surface area contributed by atoms with Crippen molar-refractivity contribution in [2.45, 2.75) is 26.2 Å². The third-order valence-corrected chi connectivity index (χ3v) is 4.66. The number of benzene rings is 1. The van der Waals surface area contributed by atoms with Crippen LogP contribution >= 0.6 is 0 Å². The summed E-state index contributed by atoms with van der Waals surface area (Å²) >= 11 is 0. The molecule has 0 bridgehead atoms. The molecule has 0 aliphatic rings. The molecule has 12 nitrogen and oxygen atoms in total. The second-order valence-electron chi connectivity index (χ2n) is 7.24. The quantitative estimate of drug-likeness (QED) is 0.0926. The van der Waals surface area contributed by atoms with E-state index in [9.17, 15) is 4.79 Å². The van der Waals surface area contributed by atoms with E-state index in [1.807, 2.05) is 6.07 Å². The van der Waals surface area contributed by atoms with Gasteiger partial charge in [0.15, 0.2) is 18.2 Å². The van der Waals surface area contributed by atoms with Gasteiger partial charge in [-0.15, -0.1) is 0 Å². The van der Waals surface area contributed by atoms with Crippen molar-refractivity contribution in [2.24, 2.45) is 10.4 Å². The Morgan fingerprint density at radius 3 is 2.54 bits per heavy atom. The van der Waals surface area contributed by atoms with Crippen LogP contribution in [0.2, 0.25) is 0 Å². The van der Waals surface area contributed by atoms with E-state index in [2.05, 4.69) is 20.7 Å². The van der Waals surface area contributed by atoms with Gasteiger partial charge in [-0.25, -0.2) is 9.99 Å². The van der Waals surface area contributed by atoms with Crippen molar-refractivity contribution in [3.63, 3.8) is 0 Å². The number of likely N-dealkylation sites (N-methyl/N-ethyl adjacent to an activating group) is 1. The monoisotopic (exact) mass is 485 g/mol. The number of amides is 1. The number of anilines is 1. The first-order chi connectivity index (χ1) is 16.8. The Balaban J connectivity index is 2.12. The fraction of sp³-hybridized carbons (Fsp3) is 0.391. The van der Waals surface area contributed by atoms with Crippen LogP contribution < -0.4 is 5.32 Å². The number of aromatic nitrogens is 1. The SMILES string of the molecule is CCOC(C)(OCCOC)C(=O)Nc1cccc(CO/N=C(\C(=N)N(C)N=N)c2ccccc2)n1. The Morgan fingerprint density at radius 2 is 1.89 bits per heavy atom. The highest BCUT2D eigenvalue weighted by atomic mass is 16.7. The van der Waals surface area contributed by atoms with Gasteiger partial charge in [0.25, 0.3) is 5.91 Å². The Morgan fingerprint density at radius 1 is 1.14 bits per heavy atom. The second kappa shape index (κ2) is 13.8. The largest absolute Gasteiger partial charge is 0.389 e. The molecule has 0 saturated heterocycles. The predicted octanol–water partition coefficient (Wildman–Crippen LogP) is 3.21. The number of amidine groups is 1. The summed E-state index contributed by atoms with van der Waals surface area (Å²) in [5.74, 6) is -1.85. The summed E-state index contributed by atoms with van der Waals surface area (Å²) in [6, 6.07) is 14.0. The number of nitrogens with one attached hydrogen (secondary N) is 3. The number of oxime groups is 1. The van der Waals surface area contributed by atoms with E-state index in [4.69, 9.17) is 30.0 Å². The molecule has 35 heavy (non-hydrogen) atoms. The van der Waals surface area contributed by atoms with E-state index in [0.29, 0.717) is 17.9 Å². The summed E-state index contributed by atoms with van der Waals surface area (Å²) in [4.78, 5) is 22.6. The van der Waals surface area contributed by atoms with Crippen molar-refractivity contribution in [3.05, 3.63) is 59.8 Å². The van der Waals surface area contributed by atoms with Gasteiger partial charge in [-0.3, -0.25) is 10.2 Å². The van der Waals surface area contributed by atoms with Gasteiger partial charge in [-0.2, -0.15) is 5.53 Å². The number of hydrogen-bond donors (Lipinski definition) is 3. The van der Waals surface area contributed by atoms with Crippen LogP contribution in [0.3, 0.4) is 0 Å². The first-order valence-corrected chi connectivity index (χ1v) is 10.8. The third-order valence-electron chi connectivity index (χ3n) is 4.66. The van der Waals surface area contributed by atoms with Crippen LogP contribution in [0.15, 0.2) is 58.9 Å². The van der Waals surface area contributed by atoms with Crippen molar-refractivity contribution in [1.29, 1.82) is 10.9 Å². The van der Waals surface area contributed by atoms with Crippen molar-refractivity contribution in [2.75, 3.05) is 39.3 Å². The topological polar surface area (TPSA) is 155 Å². The molecule has 0 saturated carbocycles. The van der Waals surface area contributed by atoms with Gasteiger partial charge in [0, 0.05) is 26.3 Å². The Bertz CT molecular complexity index is 1020. The number of methoxy groups -OCH3 is 1. The van der Waals surface area contributed by atoms with Crippen LogP contribution in [0.4, 0.5) is 5.82 Å². The predicted molar refractivity (Wildman–Crippen MR) is 129 cm³/mol. The van der Waals surface area contributed by atoms with Crippen LogP contribution in [0.1, 0.15) is 25.1 Å². The molecule has 188 valence electrons. The van der Waals surface area contributed by atoms with Crippen LogP contribution in [0.5, 0.6) is 0 Å². The molecule has 1 amide bonds. The van der Waals surface area contributed by atoms with E-state index in [-0.39, 0.29) is 37.2 Å². The van der Waals surface area contributed by atoms with E-state index in [1.165, 1.54) is 21.1 Å². The number of carbonyl (C=O) groups is 1. The number of carbonyl (C=O) groups excluding carboxylic acids is 1. The zero-order chi connectivity index (χ0) is 25.7. The molecule has 1 heterocycles. The minimum absolute atomic E-state index is 0.0257. The van der Waals surface area contributed by atoms with Gasteiger partial charge in [-0.1, -0.05) is 46.8 Å². The van der Waals surface area contributed by atoms with Gasteiger partial charge >= 0.3 is 0 Å². The minimum atomic E-state index is -1.51. The summed E-state index contributed by atoms with van der Waals surface area (Å²) in [6.07, 6.45) is 0. The third kappa shape index (κ3) is 8.21. The highest BCUT2D eigenvalue weighted by Gasteiger charge is 2.35. The van der Waals surface area contributed by atoms with Gasteiger partial charge in [0.2, 0.25) is 5.79 Å². The average Bonchev–Trinajstić information content (AvgIpc) is 2.87. The van der Waals surface area contributed by atoms with Crippen molar-refractivity contribution in [3.8, 4) is 0 Å². The highest BCUT2D eigenvalue weighted by molar-refractivity contribution is 6.46. The molecule has 0 fully saturated rings. The Kier molecular flexibility index (Phi) is 10.9. The molecule has 3 N–H and O–H groups in total. The number of nitrogens with zero attached hydrogens (tertiary/aromatic N) is 4. The van der Waals surface area contributed by atoms with Gasteiger partial charge in [0.05, 0.1) is 18.9 Å². The van der Waals surface area contributed by atoms with Crippen molar-refractivity contribution in [1.82, 2.24) is 9.99 Å². The molecule has 1 atom stereocenters. The smallest absolute Gasteiger partial charge is 0.285 e. The summed E-state index contributed by atoms with van der Waals surface area (Å²) < 4.78 is 16.1. The number of hydrogen-bond acceptors (Lipinski definition) is 10. The van der Waals surface area contributed by atoms with Crippen molar-refractivity contribution >= 4 is 23.3 Å². The second-order valence-corrected chi connectivity index (χ2v) is 7.24. The molecule has 1 aromatic heterocycles. The summed E-state index contributed by atoms with van der Waals surface area (Å²) in [5.41, 5.74) is 8.47. The zero-order valence-corrected chi connectivity index (χ0v) is 20.3. The van der Waals surface area contributed by atoms with E-state index < -0.39 is 11.7 Å². The molecule has 0 aliphatic carbocycles. The molecular weight excluding hydrogens is 454 g/mol. The maximum absolute atomic E-state index is 12.8. The van der Waals surface area contributed by atoms with Gasteiger partial charge in [-0.05, 0) is 26.0 Å². The van der Waals surface area contributed by atoms with E-state index in [0.717, 1.165) is 5.01 Å². The standard InChI is InChI=1S/C23H31N7O5/c1-5-33-23(2,34-15-14-32-4)22(31)27-19-13-9-12-18(26-19)16-35-28-20(21(24)30(3)29-25)17-10-7-6-8-11-17/h6-13,24-25H,5,14-16H2,1-4H3,(H,26,27,31)/b24-21?,28-20-,29-25?. The minimum Gasteiger partial charge on any atom is -0.389 e. The molecule has 2 aromatic rings. The fourth-order valence-corrected chi connectivity index (χ4v) is 2.82.